The summed E-state index contributed by atoms with van der Waals surface area (Å²) in [5.74, 6) is 1.39. The summed E-state index contributed by atoms with van der Waals surface area (Å²) in [5.41, 5.74) is 3.54. The third kappa shape index (κ3) is 2.42. The quantitative estimate of drug-likeness (QED) is 0.882. The van der Waals surface area contributed by atoms with E-state index in [-0.39, 0.29) is 11.3 Å². The highest BCUT2D eigenvalue weighted by atomic mass is 16.5. The minimum Gasteiger partial charge on any atom is -0.493 e. The van der Waals surface area contributed by atoms with Gasteiger partial charge in [-0.25, -0.2) is 0 Å². The molecular formula is C23H26N2O3. The minimum absolute atomic E-state index is 0.0292. The fourth-order valence-electron chi connectivity index (χ4n) is 4.54. The minimum atomic E-state index is -0.631. The van der Waals surface area contributed by atoms with E-state index >= 15 is 0 Å². The van der Waals surface area contributed by atoms with E-state index in [1.165, 1.54) is 11.1 Å². The second-order valence-corrected chi connectivity index (χ2v) is 7.96. The highest BCUT2D eigenvalue weighted by Crippen LogP contribution is 2.53. The van der Waals surface area contributed by atoms with Crippen molar-refractivity contribution in [3.63, 3.8) is 0 Å². The van der Waals surface area contributed by atoms with Gasteiger partial charge in [0.2, 0.25) is 5.91 Å². The molecular weight excluding hydrogens is 352 g/mol. The van der Waals surface area contributed by atoms with Crippen LogP contribution in [0, 0.1) is 6.92 Å². The van der Waals surface area contributed by atoms with Gasteiger partial charge in [-0.1, -0.05) is 49.8 Å². The summed E-state index contributed by atoms with van der Waals surface area (Å²) >= 11 is 0. The van der Waals surface area contributed by atoms with E-state index in [9.17, 15) is 4.79 Å². The largest absolute Gasteiger partial charge is 0.493 e. The zero-order valence-corrected chi connectivity index (χ0v) is 17.0. The summed E-state index contributed by atoms with van der Waals surface area (Å²) in [6, 6.07) is 12.2. The molecule has 0 bridgehead atoms. The summed E-state index contributed by atoms with van der Waals surface area (Å²) in [5, 5.41) is 3.25. The van der Waals surface area contributed by atoms with Crippen LogP contribution in [0.4, 0.5) is 5.69 Å². The summed E-state index contributed by atoms with van der Waals surface area (Å²) in [6.07, 6.45) is 4.10. The molecule has 146 valence electrons. The van der Waals surface area contributed by atoms with Crippen molar-refractivity contribution in [3.05, 3.63) is 59.2 Å². The van der Waals surface area contributed by atoms with Gasteiger partial charge in [0.15, 0.2) is 11.5 Å². The fourth-order valence-corrected chi connectivity index (χ4v) is 4.54. The van der Waals surface area contributed by atoms with Gasteiger partial charge < -0.3 is 19.7 Å². The number of para-hydroxylation sites is 1. The Morgan fingerprint density at radius 1 is 1.14 bits per heavy atom. The number of benzene rings is 2. The SMILES string of the molecule is COc1cccc(C=C[C@]23NC(=O)CN2c2ccc(C)cc2C3(C)C)c1OC. The van der Waals surface area contributed by atoms with Crippen LogP contribution in [0.15, 0.2) is 42.5 Å². The van der Waals surface area contributed by atoms with Gasteiger partial charge in [0.05, 0.1) is 20.8 Å². The van der Waals surface area contributed by atoms with Gasteiger partial charge in [-0.05, 0) is 30.7 Å². The number of carbonyl (C=O) groups excluding carboxylic acids is 1. The molecule has 2 aliphatic rings. The normalized spacial score (nSPS) is 22.2. The lowest BCUT2D eigenvalue weighted by atomic mass is 9.75. The van der Waals surface area contributed by atoms with Crippen molar-refractivity contribution in [2.75, 3.05) is 25.7 Å². The van der Waals surface area contributed by atoms with Crippen LogP contribution in [0.25, 0.3) is 6.08 Å². The predicted molar refractivity (Wildman–Crippen MR) is 111 cm³/mol. The third-order valence-electron chi connectivity index (χ3n) is 6.06. The number of anilines is 1. The summed E-state index contributed by atoms with van der Waals surface area (Å²) in [6.45, 7) is 6.81. The smallest absolute Gasteiger partial charge is 0.241 e. The number of ether oxygens (including phenoxy) is 2. The van der Waals surface area contributed by atoms with E-state index < -0.39 is 5.66 Å². The van der Waals surface area contributed by atoms with E-state index in [4.69, 9.17) is 9.47 Å². The summed E-state index contributed by atoms with van der Waals surface area (Å²) in [7, 11) is 3.26. The molecule has 0 saturated carbocycles. The van der Waals surface area contributed by atoms with Gasteiger partial charge >= 0.3 is 0 Å². The number of hydrogen-bond donors (Lipinski definition) is 1. The number of nitrogens with one attached hydrogen (secondary N) is 1. The van der Waals surface area contributed by atoms with Crippen LogP contribution in [0.5, 0.6) is 11.5 Å². The van der Waals surface area contributed by atoms with Crippen LogP contribution in [0.3, 0.4) is 0 Å². The van der Waals surface area contributed by atoms with Crippen LogP contribution < -0.4 is 19.7 Å². The van der Waals surface area contributed by atoms with Crippen LogP contribution in [-0.2, 0) is 10.2 Å². The van der Waals surface area contributed by atoms with Crippen molar-refractivity contribution >= 4 is 17.7 Å². The summed E-state index contributed by atoms with van der Waals surface area (Å²) < 4.78 is 11.0. The molecule has 1 N–H and O–H groups in total. The molecule has 1 saturated heterocycles. The highest BCUT2D eigenvalue weighted by molar-refractivity contribution is 5.91. The zero-order chi connectivity index (χ0) is 20.1. The van der Waals surface area contributed by atoms with Crippen molar-refractivity contribution in [1.29, 1.82) is 0 Å². The monoisotopic (exact) mass is 378 g/mol. The molecule has 0 spiro atoms. The second kappa shape index (κ2) is 6.30. The first-order chi connectivity index (χ1) is 13.3. The Balaban J connectivity index is 1.84. The Hall–Kier alpha value is -2.95. The van der Waals surface area contributed by atoms with Crippen molar-refractivity contribution in [3.8, 4) is 11.5 Å². The average Bonchev–Trinajstić information content (AvgIpc) is 3.10. The van der Waals surface area contributed by atoms with Gasteiger partial charge in [-0.2, -0.15) is 0 Å². The van der Waals surface area contributed by atoms with Crippen molar-refractivity contribution < 1.29 is 14.3 Å². The fraction of sp³-hybridized carbons (Fsp3) is 0.348. The molecule has 0 aliphatic carbocycles. The molecule has 1 amide bonds. The van der Waals surface area contributed by atoms with Crippen molar-refractivity contribution in [2.45, 2.75) is 31.8 Å². The Morgan fingerprint density at radius 2 is 1.93 bits per heavy atom. The maximum atomic E-state index is 12.4. The number of amides is 1. The molecule has 0 unspecified atom stereocenters. The number of carbonyl (C=O) groups is 1. The number of methoxy groups -OCH3 is 2. The second-order valence-electron chi connectivity index (χ2n) is 7.96. The van der Waals surface area contributed by atoms with Crippen LogP contribution >= 0.6 is 0 Å². The van der Waals surface area contributed by atoms with Gasteiger partial charge in [0.1, 0.15) is 5.66 Å². The lowest BCUT2D eigenvalue weighted by Gasteiger charge is -2.40. The first kappa shape index (κ1) is 18.4. The molecule has 2 aromatic rings. The van der Waals surface area contributed by atoms with Gasteiger partial charge in [0.25, 0.3) is 0 Å². The lowest BCUT2D eigenvalue weighted by Crippen LogP contribution is -2.58. The predicted octanol–water partition coefficient (Wildman–Crippen LogP) is 3.65. The average molecular weight is 378 g/mol. The van der Waals surface area contributed by atoms with E-state index in [0.29, 0.717) is 18.0 Å². The number of rotatable bonds is 4. The van der Waals surface area contributed by atoms with Gasteiger partial charge in [0, 0.05) is 16.7 Å². The Bertz CT molecular complexity index is 980. The molecule has 2 heterocycles. The molecule has 2 aromatic carbocycles. The van der Waals surface area contributed by atoms with Crippen molar-refractivity contribution in [1.82, 2.24) is 5.32 Å². The first-order valence-electron chi connectivity index (χ1n) is 9.44. The van der Waals surface area contributed by atoms with Crippen molar-refractivity contribution in [2.24, 2.45) is 0 Å². The lowest BCUT2D eigenvalue weighted by molar-refractivity contribution is -0.118. The Labute approximate surface area is 165 Å². The maximum absolute atomic E-state index is 12.4. The third-order valence-corrected chi connectivity index (χ3v) is 6.06. The molecule has 5 nitrogen and oxygen atoms in total. The van der Waals surface area contributed by atoms with E-state index in [2.05, 4.69) is 55.3 Å². The topological polar surface area (TPSA) is 50.8 Å². The number of hydrogen-bond acceptors (Lipinski definition) is 4. The highest BCUT2D eigenvalue weighted by Gasteiger charge is 2.59. The molecule has 1 fully saturated rings. The number of nitrogens with zero attached hydrogens (tertiary/aromatic N) is 1. The zero-order valence-electron chi connectivity index (χ0n) is 17.0. The number of fused-ring (bicyclic) bond motifs is 3. The number of aryl methyl sites for hydroxylation is 1. The molecule has 4 rings (SSSR count). The van der Waals surface area contributed by atoms with Crippen LogP contribution in [0.2, 0.25) is 0 Å². The van der Waals surface area contributed by atoms with E-state index in [1.54, 1.807) is 14.2 Å². The van der Waals surface area contributed by atoms with Crippen LogP contribution in [-0.4, -0.2) is 32.3 Å². The standard InChI is InChI=1S/C23H26N2O3/c1-15-9-10-18-17(13-15)22(2,3)23(24-20(26)14-25(18)23)12-11-16-7-6-8-19(27-4)21(16)28-5/h6-13H,14H2,1-5H3,(H,24,26)/t23-/m0/s1. The van der Waals surface area contributed by atoms with E-state index in [1.807, 2.05) is 24.3 Å². The molecule has 0 aromatic heterocycles. The van der Waals surface area contributed by atoms with Crippen LogP contribution in [0.1, 0.15) is 30.5 Å². The Morgan fingerprint density at radius 3 is 2.64 bits per heavy atom. The van der Waals surface area contributed by atoms with Gasteiger partial charge in [-0.15, -0.1) is 0 Å². The molecule has 0 radical (unpaired) electrons. The maximum Gasteiger partial charge on any atom is 0.241 e. The molecule has 2 aliphatic heterocycles. The Kier molecular flexibility index (Phi) is 4.14. The molecule has 5 heteroatoms. The molecule has 1 atom stereocenters. The first-order valence-corrected chi connectivity index (χ1v) is 9.44. The molecule has 28 heavy (non-hydrogen) atoms. The summed E-state index contributed by atoms with van der Waals surface area (Å²) in [4.78, 5) is 14.6. The van der Waals surface area contributed by atoms with Gasteiger partial charge in [-0.3, -0.25) is 4.79 Å². The van der Waals surface area contributed by atoms with E-state index in [0.717, 1.165) is 11.3 Å².